The Morgan fingerprint density at radius 1 is 1.12 bits per heavy atom. The molecular weight excluding hydrogens is 450 g/mol. The van der Waals surface area contributed by atoms with Gasteiger partial charge >= 0.3 is 6.09 Å². The van der Waals surface area contributed by atoms with Gasteiger partial charge in [-0.05, 0) is 51.5 Å². The molecule has 2 fully saturated rings. The van der Waals surface area contributed by atoms with Gasteiger partial charge < -0.3 is 20.3 Å². The number of alkyl carbamates (subject to hydrolysis) is 1. The van der Waals surface area contributed by atoms with Crippen LogP contribution in [0.25, 0.3) is 0 Å². The molecule has 3 rings (SSSR count). The number of hydrogen-bond donors (Lipinski definition) is 3. The van der Waals surface area contributed by atoms with Gasteiger partial charge in [0.1, 0.15) is 17.7 Å². The second-order valence-electron chi connectivity index (χ2n) is 10.6. The summed E-state index contributed by atoms with van der Waals surface area (Å²) >= 11 is 4.34. The minimum Gasteiger partial charge on any atom is -0.444 e. The molecule has 4 unspecified atom stereocenters. The van der Waals surface area contributed by atoms with Gasteiger partial charge in [0.15, 0.2) is 0 Å². The lowest BCUT2D eigenvalue weighted by Crippen LogP contribution is -2.55. The first-order chi connectivity index (χ1) is 16.1. The molecule has 0 saturated heterocycles. The fourth-order valence-corrected chi connectivity index (χ4v) is 4.84. The van der Waals surface area contributed by atoms with E-state index in [0.717, 1.165) is 37.7 Å². The van der Waals surface area contributed by atoms with Crippen LogP contribution in [0.1, 0.15) is 77.8 Å². The van der Waals surface area contributed by atoms with Crippen LogP contribution in [0.3, 0.4) is 0 Å². The fraction of sp³-hybridized carbons (Fsp3) is 0.654. The van der Waals surface area contributed by atoms with Crippen molar-refractivity contribution in [3.63, 3.8) is 0 Å². The summed E-state index contributed by atoms with van der Waals surface area (Å²) in [6.07, 6.45) is 5.46. The van der Waals surface area contributed by atoms with E-state index < -0.39 is 23.8 Å². The van der Waals surface area contributed by atoms with E-state index in [-0.39, 0.29) is 35.6 Å². The maximum Gasteiger partial charge on any atom is 0.408 e. The van der Waals surface area contributed by atoms with Crippen LogP contribution in [0.15, 0.2) is 30.3 Å². The summed E-state index contributed by atoms with van der Waals surface area (Å²) in [7, 11) is 0. The van der Waals surface area contributed by atoms with Crippen LogP contribution in [-0.2, 0) is 14.3 Å². The molecule has 0 heterocycles. The number of nitrogens with one attached hydrogen (secondary N) is 2. The van der Waals surface area contributed by atoms with Crippen molar-refractivity contribution in [3.05, 3.63) is 35.9 Å². The van der Waals surface area contributed by atoms with E-state index in [2.05, 4.69) is 30.2 Å². The lowest BCUT2D eigenvalue weighted by atomic mass is 9.94. The molecule has 8 heteroatoms. The highest BCUT2D eigenvalue weighted by Gasteiger charge is 2.48. The molecule has 0 aromatic heterocycles. The molecule has 0 radical (unpaired) electrons. The van der Waals surface area contributed by atoms with Gasteiger partial charge in [-0.1, -0.05) is 56.5 Å². The van der Waals surface area contributed by atoms with E-state index in [4.69, 9.17) is 4.74 Å². The Kier molecular flexibility index (Phi) is 8.90. The quantitative estimate of drug-likeness (QED) is 0.477. The molecule has 188 valence electrons. The fourth-order valence-electron chi connectivity index (χ4n) is 4.59. The lowest BCUT2D eigenvalue weighted by Gasteiger charge is -2.36. The molecule has 3 amide bonds. The van der Waals surface area contributed by atoms with E-state index in [0.29, 0.717) is 0 Å². The van der Waals surface area contributed by atoms with Gasteiger partial charge in [0, 0.05) is 17.8 Å². The van der Waals surface area contributed by atoms with Gasteiger partial charge in [-0.2, -0.15) is 12.6 Å². The Morgan fingerprint density at radius 2 is 1.74 bits per heavy atom. The van der Waals surface area contributed by atoms with Gasteiger partial charge in [0.25, 0.3) is 0 Å². The van der Waals surface area contributed by atoms with Crippen molar-refractivity contribution in [1.29, 1.82) is 0 Å². The van der Waals surface area contributed by atoms with E-state index in [1.165, 1.54) is 6.42 Å². The van der Waals surface area contributed by atoms with Crippen molar-refractivity contribution in [3.8, 4) is 0 Å². The predicted octanol–water partition coefficient (Wildman–Crippen LogP) is 4.24. The van der Waals surface area contributed by atoms with Crippen LogP contribution in [0, 0.1) is 5.92 Å². The molecule has 1 aromatic rings. The standard InChI is InChI=1S/C26H39N3O4S/c1-17-15-21(17)29(24(31)20(16-34)28-25(32)33-26(2,3)4)22(18-11-7-5-8-12-18)23(30)27-19-13-9-6-10-14-19/h5,7-8,11-12,17,19-22,34H,6,9-10,13-16H2,1-4H3,(H,27,30)(H,28,32). The van der Waals surface area contributed by atoms with E-state index in [9.17, 15) is 14.4 Å². The summed E-state index contributed by atoms with van der Waals surface area (Å²) in [5.74, 6) is -0.107. The molecule has 1 aromatic carbocycles. The highest BCUT2D eigenvalue weighted by Crippen LogP contribution is 2.41. The zero-order valence-electron chi connectivity index (χ0n) is 20.8. The lowest BCUT2D eigenvalue weighted by molar-refractivity contribution is -0.143. The Balaban J connectivity index is 1.88. The number of benzene rings is 1. The van der Waals surface area contributed by atoms with Crippen LogP contribution in [0.4, 0.5) is 4.79 Å². The Bertz CT molecular complexity index is 851. The van der Waals surface area contributed by atoms with Crippen molar-refractivity contribution < 1.29 is 19.1 Å². The maximum atomic E-state index is 13.8. The zero-order chi connectivity index (χ0) is 24.9. The van der Waals surface area contributed by atoms with Crippen molar-refractivity contribution in [2.45, 2.75) is 96.0 Å². The number of amides is 3. The zero-order valence-corrected chi connectivity index (χ0v) is 21.6. The monoisotopic (exact) mass is 489 g/mol. The van der Waals surface area contributed by atoms with Crippen molar-refractivity contribution in [1.82, 2.24) is 15.5 Å². The minimum absolute atomic E-state index is 0.0716. The van der Waals surface area contributed by atoms with Crippen LogP contribution in [-0.4, -0.2) is 52.3 Å². The molecule has 2 aliphatic carbocycles. The molecule has 2 aliphatic rings. The van der Waals surface area contributed by atoms with Crippen molar-refractivity contribution in [2.75, 3.05) is 5.75 Å². The van der Waals surface area contributed by atoms with E-state index >= 15 is 0 Å². The first kappa shape index (κ1) is 26.4. The largest absolute Gasteiger partial charge is 0.444 e. The topological polar surface area (TPSA) is 87.7 Å². The Hall–Kier alpha value is -2.22. The number of nitrogens with zero attached hydrogens (tertiary/aromatic N) is 1. The molecule has 34 heavy (non-hydrogen) atoms. The van der Waals surface area contributed by atoms with Crippen LogP contribution in [0.5, 0.6) is 0 Å². The van der Waals surface area contributed by atoms with Crippen molar-refractivity contribution >= 4 is 30.5 Å². The van der Waals surface area contributed by atoms with Gasteiger partial charge in [0.05, 0.1) is 0 Å². The van der Waals surface area contributed by atoms with Gasteiger partial charge in [0.2, 0.25) is 11.8 Å². The van der Waals surface area contributed by atoms with E-state index in [1.807, 2.05) is 30.3 Å². The van der Waals surface area contributed by atoms with Crippen LogP contribution >= 0.6 is 12.6 Å². The summed E-state index contributed by atoms with van der Waals surface area (Å²) < 4.78 is 5.36. The van der Waals surface area contributed by atoms with Crippen LogP contribution in [0.2, 0.25) is 0 Å². The normalized spacial score (nSPS) is 22.3. The highest BCUT2D eigenvalue weighted by atomic mass is 32.1. The maximum absolute atomic E-state index is 13.8. The second kappa shape index (κ2) is 11.5. The van der Waals surface area contributed by atoms with Gasteiger partial charge in [-0.25, -0.2) is 4.79 Å². The molecule has 0 spiro atoms. The SMILES string of the molecule is CC1CC1N(C(=O)C(CS)NC(=O)OC(C)(C)C)C(C(=O)NC1CCCCC1)c1ccccc1. The summed E-state index contributed by atoms with van der Waals surface area (Å²) in [6, 6.07) is 7.80. The second-order valence-corrected chi connectivity index (χ2v) is 10.9. The molecule has 4 atom stereocenters. The van der Waals surface area contributed by atoms with Gasteiger partial charge in [-0.3, -0.25) is 9.59 Å². The molecule has 2 saturated carbocycles. The third kappa shape index (κ3) is 7.14. The molecule has 7 nitrogen and oxygen atoms in total. The number of carbonyl (C=O) groups is 3. The van der Waals surface area contributed by atoms with E-state index in [1.54, 1.807) is 25.7 Å². The molecule has 0 aliphatic heterocycles. The molecule has 0 bridgehead atoms. The molecule has 2 N–H and O–H groups in total. The first-order valence-electron chi connectivity index (χ1n) is 12.4. The summed E-state index contributed by atoms with van der Waals surface area (Å²) in [4.78, 5) is 41.6. The Labute approximate surface area is 208 Å². The summed E-state index contributed by atoms with van der Waals surface area (Å²) in [5, 5.41) is 5.88. The molecular formula is C26H39N3O4S. The third-order valence-corrected chi connectivity index (χ3v) is 6.81. The highest BCUT2D eigenvalue weighted by molar-refractivity contribution is 7.80. The first-order valence-corrected chi connectivity index (χ1v) is 13.0. The minimum atomic E-state index is -0.903. The predicted molar refractivity (Wildman–Crippen MR) is 136 cm³/mol. The number of rotatable bonds is 8. The number of thiol groups is 1. The van der Waals surface area contributed by atoms with Gasteiger partial charge in [-0.15, -0.1) is 0 Å². The Morgan fingerprint density at radius 3 is 2.26 bits per heavy atom. The number of carbonyl (C=O) groups excluding carboxylic acids is 3. The van der Waals surface area contributed by atoms with Crippen LogP contribution < -0.4 is 10.6 Å². The number of ether oxygens (including phenoxy) is 1. The smallest absolute Gasteiger partial charge is 0.408 e. The summed E-state index contributed by atoms with van der Waals surface area (Å²) in [5.41, 5.74) is 0.0734. The number of hydrogen-bond acceptors (Lipinski definition) is 5. The third-order valence-electron chi connectivity index (χ3n) is 6.44. The average Bonchev–Trinajstić information content (AvgIpc) is 3.51. The summed E-state index contributed by atoms with van der Waals surface area (Å²) in [6.45, 7) is 7.37. The van der Waals surface area contributed by atoms with Crippen molar-refractivity contribution in [2.24, 2.45) is 5.92 Å². The average molecular weight is 490 g/mol.